The summed E-state index contributed by atoms with van der Waals surface area (Å²) in [5.74, 6) is 0. The summed E-state index contributed by atoms with van der Waals surface area (Å²) in [6.07, 6.45) is 9.06. The van der Waals surface area contributed by atoms with Gasteiger partial charge in [0.1, 0.15) is 0 Å². The van der Waals surface area contributed by atoms with E-state index in [2.05, 4.69) is 112 Å². The number of hydrogen-bond acceptors (Lipinski definition) is 1. The third kappa shape index (κ3) is 2.86. The van der Waals surface area contributed by atoms with Gasteiger partial charge in [-0.2, -0.15) is 0 Å². The maximum atomic E-state index is 2.42. The lowest BCUT2D eigenvalue weighted by molar-refractivity contribution is 0.998. The molecule has 0 radical (unpaired) electrons. The van der Waals surface area contributed by atoms with Crippen LogP contribution in [0.3, 0.4) is 0 Å². The Bertz CT molecular complexity index is 925. The number of rotatable bonds is 3. The van der Waals surface area contributed by atoms with Crippen LogP contribution >= 0.6 is 22.6 Å². The van der Waals surface area contributed by atoms with E-state index in [1.54, 1.807) is 0 Å². The average molecular weight is 423 g/mol. The topological polar surface area (TPSA) is 3.24 Å². The Hall–Kier alpha value is -2.07. The molecule has 0 fully saturated rings. The molecule has 0 amide bonds. The number of fused-ring (bicyclic) bond motifs is 1. The van der Waals surface area contributed by atoms with Gasteiger partial charge in [-0.15, -0.1) is 0 Å². The van der Waals surface area contributed by atoms with E-state index in [9.17, 15) is 0 Å². The first-order chi connectivity index (χ1) is 11.8. The Labute approximate surface area is 156 Å². The lowest BCUT2D eigenvalue weighted by Gasteiger charge is -2.29. The molecule has 3 aromatic carbocycles. The second-order valence-electron chi connectivity index (χ2n) is 5.89. The van der Waals surface area contributed by atoms with Crippen molar-refractivity contribution in [3.05, 3.63) is 94.2 Å². The minimum atomic E-state index is 1.09. The van der Waals surface area contributed by atoms with Gasteiger partial charge >= 0.3 is 0 Å². The summed E-state index contributed by atoms with van der Waals surface area (Å²) in [5.41, 5.74) is 3.68. The minimum Gasteiger partial charge on any atom is -0.310 e. The Morgan fingerprint density at radius 3 is 2.33 bits per heavy atom. The van der Waals surface area contributed by atoms with Crippen molar-refractivity contribution >= 4 is 44.7 Å². The van der Waals surface area contributed by atoms with E-state index in [-0.39, 0.29) is 0 Å². The van der Waals surface area contributed by atoms with Crippen molar-refractivity contribution in [3.8, 4) is 0 Å². The second kappa shape index (κ2) is 6.81. The molecule has 24 heavy (non-hydrogen) atoms. The molecule has 1 aliphatic rings. The molecule has 1 aliphatic carbocycles. The molecule has 0 N–H and O–H groups in total. The highest BCUT2D eigenvalue weighted by atomic mass is 127. The lowest BCUT2D eigenvalue weighted by Crippen LogP contribution is -2.16. The highest BCUT2D eigenvalue weighted by molar-refractivity contribution is 14.1. The van der Waals surface area contributed by atoms with Crippen molar-refractivity contribution in [1.82, 2.24) is 0 Å². The fraction of sp³-hybridized carbons (Fsp3) is 0.0909. The normalized spacial score (nSPS) is 13.8. The molecule has 0 aliphatic heterocycles. The zero-order valence-electron chi connectivity index (χ0n) is 13.3. The number of benzene rings is 3. The molecular weight excluding hydrogens is 405 g/mol. The molecule has 0 saturated heterocycles. The molecule has 3 aromatic rings. The fourth-order valence-electron chi connectivity index (χ4n) is 3.22. The number of allylic oxidation sites excluding steroid dienone is 3. The largest absolute Gasteiger partial charge is 0.310 e. The van der Waals surface area contributed by atoms with Gasteiger partial charge in [0.2, 0.25) is 0 Å². The van der Waals surface area contributed by atoms with Crippen molar-refractivity contribution in [2.75, 3.05) is 4.90 Å². The van der Waals surface area contributed by atoms with Crippen LogP contribution in [0.2, 0.25) is 0 Å². The van der Waals surface area contributed by atoms with Crippen LogP contribution in [0.25, 0.3) is 10.8 Å². The molecule has 0 spiro atoms. The summed E-state index contributed by atoms with van der Waals surface area (Å²) in [6.45, 7) is 0. The van der Waals surface area contributed by atoms with Gasteiger partial charge in [0.05, 0.1) is 5.69 Å². The van der Waals surface area contributed by atoms with Crippen LogP contribution in [0.15, 0.2) is 90.7 Å². The molecule has 118 valence electrons. The monoisotopic (exact) mass is 423 g/mol. The van der Waals surface area contributed by atoms with Crippen LogP contribution in [0, 0.1) is 3.57 Å². The first-order valence-electron chi connectivity index (χ1n) is 8.24. The van der Waals surface area contributed by atoms with Gasteiger partial charge in [0.15, 0.2) is 0 Å². The summed E-state index contributed by atoms with van der Waals surface area (Å²) in [4.78, 5) is 2.37. The zero-order valence-corrected chi connectivity index (χ0v) is 15.5. The first-order valence-corrected chi connectivity index (χ1v) is 9.31. The molecule has 0 saturated carbocycles. The molecule has 0 atom stereocenters. The predicted octanol–water partition coefficient (Wildman–Crippen LogP) is 6.82. The first kappa shape index (κ1) is 15.5. The Morgan fingerprint density at radius 2 is 1.54 bits per heavy atom. The number of nitrogens with zero attached hydrogens (tertiary/aromatic N) is 1. The number of hydrogen-bond donors (Lipinski definition) is 0. The molecule has 2 heteroatoms. The fourth-order valence-corrected chi connectivity index (χ4v) is 3.90. The Balaban J connectivity index is 1.96. The SMILES string of the molecule is Ic1cccc2c(N(C3=CCCC=C3)c3ccccc3)cccc12. The lowest BCUT2D eigenvalue weighted by atomic mass is 10.0. The number of para-hydroxylation sites is 1. The van der Waals surface area contributed by atoms with E-state index in [0.717, 1.165) is 12.8 Å². The zero-order chi connectivity index (χ0) is 16.4. The van der Waals surface area contributed by atoms with Crippen LogP contribution in [-0.2, 0) is 0 Å². The van der Waals surface area contributed by atoms with E-state index < -0.39 is 0 Å². The smallest absolute Gasteiger partial charge is 0.0540 e. The van der Waals surface area contributed by atoms with E-state index in [1.807, 2.05) is 0 Å². The van der Waals surface area contributed by atoms with Gasteiger partial charge in [-0.05, 0) is 71.2 Å². The summed E-state index contributed by atoms with van der Waals surface area (Å²) in [6, 6.07) is 23.7. The van der Waals surface area contributed by atoms with Crippen molar-refractivity contribution in [1.29, 1.82) is 0 Å². The molecule has 0 aromatic heterocycles. The quantitative estimate of drug-likeness (QED) is 0.418. The highest BCUT2D eigenvalue weighted by Gasteiger charge is 2.16. The standard InChI is InChI=1S/C22H18IN/c23-21-15-7-14-20-19(21)13-8-16-22(20)24(17-9-3-1-4-10-17)18-11-5-2-6-12-18/h1,3-5,7-16H,2,6H2. The van der Waals surface area contributed by atoms with Crippen LogP contribution in [-0.4, -0.2) is 0 Å². The molecule has 0 heterocycles. The third-order valence-corrected chi connectivity index (χ3v) is 5.28. The van der Waals surface area contributed by atoms with Gasteiger partial charge in [-0.25, -0.2) is 0 Å². The summed E-state index contributed by atoms with van der Waals surface area (Å²) >= 11 is 2.42. The maximum Gasteiger partial charge on any atom is 0.0540 e. The number of anilines is 2. The minimum absolute atomic E-state index is 1.09. The highest BCUT2D eigenvalue weighted by Crippen LogP contribution is 2.37. The summed E-state index contributed by atoms with van der Waals surface area (Å²) in [5, 5.41) is 2.59. The van der Waals surface area contributed by atoms with E-state index >= 15 is 0 Å². The van der Waals surface area contributed by atoms with Crippen LogP contribution in [0.5, 0.6) is 0 Å². The van der Waals surface area contributed by atoms with Gasteiger partial charge < -0.3 is 4.90 Å². The van der Waals surface area contributed by atoms with E-state index in [1.165, 1.54) is 31.4 Å². The van der Waals surface area contributed by atoms with Crippen molar-refractivity contribution in [2.45, 2.75) is 12.8 Å². The molecular formula is C22H18IN. The summed E-state index contributed by atoms with van der Waals surface area (Å²) < 4.78 is 1.29. The Morgan fingerprint density at radius 1 is 0.750 bits per heavy atom. The average Bonchev–Trinajstić information content (AvgIpc) is 2.65. The molecule has 0 unspecified atom stereocenters. The van der Waals surface area contributed by atoms with Gasteiger partial charge in [-0.3, -0.25) is 0 Å². The van der Waals surface area contributed by atoms with E-state index in [4.69, 9.17) is 0 Å². The van der Waals surface area contributed by atoms with Gasteiger partial charge in [0, 0.05) is 20.3 Å². The van der Waals surface area contributed by atoms with E-state index in [0.29, 0.717) is 0 Å². The predicted molar refractivity (Wildman–Crippen MR) is 112 cm³/mol. The third-order valence-electron chi connectivity index (χ3n) is 4.33. The van der Waals surface area contributed by atoms with Crippen molar-refractivity contribution in [2.24, 2.45) is 0 Å². The van der Waals surface area contributed by atoms with Crippen LogP contribution in [0.4, 0.5) is 11.4 Å². The van der Waals surface area contributed by atoms with Crippen molar-refractivity contribution in [3.63, 3.8) is 0 Å². The second-order valence-corrected chi connectivity index (χ2v) is 7.05. The van der Waals surface area contributed by atoms with Crippen LogP contribution in [0.1, 0.15) is 12.8 Å². The Kier molecular flexibility index (Phi) is 4.39. The molecule has 4 rings (SSSR count). The van der Waals surface area contributed by atoms with Crippen molar-refractivity contribution < 1.29 is 0 Å². The number of halogens is 1. The maximum absolute atomic E-state index is 2.42. The molecule has 0 bridgehead atoms. The van der Waals surface area contributed by atoms with Gasteiger partial charge in [0.25, 0.3) is 0 Å². The van der Waals surface area contributed by atoms with Gasteiger partial charge in [-0.1, -0.05) is 54.6 Å². The van der Waals surface area contributed by atoms with Crippen LogP contribution < -0.4 is 4.90 Å². The molecule has 1 nitrogen and oxygen atoms in total. The summed E-state index contributed by atoms with van der Waals surface area (Å²) in [7, 11) is 0.